The fourth-order valence-corrected chi connectivity index (χ4v) is 2.90. The standard InChI is InChI=1S/C13H17ClN2O3S/c14-8-7-10-1-5-12(6-2-10)20(18,19)15-9-13(17)16-11-3-4-11/h1-2,5-6,11,15H,3-4,7-9H2,(H,16,17). The van der Waals surface area contributed by atoms with Gasteiger partial charge in [-0.05, 0) is 37.0 Å². The molecule has 1 aromatic carbocycles. The van der Waals surface area contributed by atoms with Gasteiger partial charge in [-0.1, -0.05) is 12.1 Å². The molecular weight excluding hydrogens is 300 g/mol. The first-order valence-corrected chi connectivity index (χ1v) is 8.47. The minimum Gasteiger partial charge on any atom is -0.352 e. The molecule has 0 radical (unpaired) electrons. The first kappa shape index (κ1) is 15.3. The zero-order chi connectivity index (χ0) is 14.6. The van der Waals surface area contributed by atoms with Crippen molar-refractivity contribution in [3.8, 4) is 0 Å². The second kappa shape index (κ2) is 6.56. The zero-order valence-electron chi connectivity index (χ0n) is 10.9. The van der Waals surface area contributed by atoms with E-state index in [1.807, 2.05) is 0 Å². The van der Waals surface area contributed by atoms with Crippen molar-refractivity contribution in [2.45, 2.75) is 30.2 Å². The number of alkyl halides is 1. The number of amides is 1. The number of carbonyl (C=O) groups is 1. The summed E-state index contributed by atoms with van der Waals surface area (Å²) in [6.07, 6.45) is 2.64. The van der Waals surface area contributed by atoms with E-state index < -0.39 is 10.0 Å². The molecule has 1 saturated carbocycles. The number of carbonyl (C=O) groups excluding carboxylic acids is 1. The molecule has 0 aromatic heterocycles. The third-order valence-corrected chi connectivity index (χ3v) is 4.59. The molecule has 0 bridgehead atoms. The second-order valence-electron chi connectivity index (χ2n) is 4.75. The van der Waals surface area contributed by atoms with Crippen LogP contribution >= 0.6 is 11.6 Å². The van der Waals surface area contributed by atoms with Gasteiger partial charge >= 0.3 is 0 Å². The maximum Gasteiger partial charge on any atom is 0.241 e. The summed E-state index contributed by atoms with van der Waals surface area (Å²) >= 11 is 5.62. The molecular formula is C13H17ClN2O3S. The largest absolute Gasteiger partial charge is 0.352 e. The van der Waals surface area contributed by atoms with E-state index in [1.165, 1.54) is 12.1 Å². The van der Waals surface area contributed by atoms with Crippen LogP contribution in [-0.4, -0.2) is 32.8 Å². The van der Waals surface area contributed by atoms with Crippen molar-refractivity contribution in [3.63, 3.8) is 0 Å². The highest BCUT2D eigenvalue weighted by Gasteiger charge is 2.24. The summed E-state index contributed by atoms with van der Waals surface area (Å²) in [5.74, 6) is 0.195. The lowest BCUT2D eigenvalue weighted by atomic mass is 10.2. The molecule has 0 saturated heterocycles. The van der Waals surface area contributed by atoms with Crippen molar-refractivity contribution in [1.29, 1.82) is 0 Å². The predicted molar refractivity (Wildman–Crippen MR) is 77.2 cm³/mol. The van der Waals surface area contributed by atoms with E-state index in [-0.39, 0.29) is 23.4 Å². The summed E-state index contributed by atoms with van der Waals surface area (Å²) in [4.78, 5) is 11.6. The Hall–Kier alpha value is -1.11. The molecule has 7 heteroatoms. The molecule has 1 fully saturated rings. The van der Waals surface area contributed by atoms with Crippen molar-refractivity contribution in [2.24, 2.45) is 0 Å². The Morgan fingerprint density at radius 3 is 2.45 bits per heavy atom. The fraction of sp³-hybridized carbons (Fsp3) is 0.462. The third-order valence-electron chi connectivity index (χ3n) is 2.98. The van der Waals surface area contributed by atoms with E-state index >= 15 is 0 Å². The molecule has 0 aliphatic heterocycles. The number of aryl methyl sites for hydroxylation is 1. The second-order valence-corrected chi connectivity index (χ2v) is 6.89. The van der Waals surface area contributed by atoms with Gasteiger partial charge in [-0.25, -0.2) is 13.1 Å². The summed E-state index contributed by atoms with van der Waals surface area (Å²) in [7, 11) is -3.65. The maximum absolute atomic E-state index is 12.0. The number of nitrogens with one attached hydrogen (secondary N) is 2. The summed E-state index contributed by atoms with van der Waals surface area (Å²) in [6.45, 7) is -0.234. The SMILES string of the molecule is O=C(CNS(=O)(=O)c1ccc(CCCl)cc1)NC1CC1. The smallest absolute Gasteiger partial charge is 0.241 e. The van der Waals surface area contributed by atoms with Crippen LogP contribution in [0.25, 0.3) is 0 Å². The molecule has 5 nitrogen and oxygen atoms in total. The average molecular weight is 317 g/mol. The predicted octanol–water partition coefficient (Wildman–Crippen LogP) is 1.02. The highest BCUT2D eigenvalue weighted by molar-refractivity contribution is 7.89. The Balaban J connectivity index is 1.92. The van der Waals surface area contributed by atoms with Crippen LogP contribution in [0, 0.1) is 0 Å². The van der Waals surface area contributed by atoms with Gasteiger partial charge in [-0.3, -0.25) is 4.79 Å². The molecule has 0 unspecified atom stereocenters. The molecule has 0 atom stereocenters. The zero-order valence-corrected chi connectivity index (χ0v) is 12.5. The molecule has 0 spiro atoms. The van der Waals surface area contributed by atoms with Gasteiger partial charge in [-0.2, -0.15) is 0 Å². The summed E-state index contributed by atoms with van der Waals surface area (Å²) in [6, 6.07) is 6.70. The van der Waals surface area contributed by atoms with Crippen molar-refractivity contribution in [2.75, 3.05) is 12.4 Å². The number of hydrogen-bond donors (Lipinski definition) is 2. The van der Waals surface area contributed by atoms with Crippen molar-refractivity contribution < 1.29 is 13.2 Å². The van der Waals surface area contributed by atoms with Crippen molar-refractivity contribution in [1.82, 2.24) is 10.0 Å². The minimum atomic E-state index is -3.65. The highest BCUT2D eigenvalue weighted by Crippen LogP contribution is 2.18. The van der Waals surface area contributed by atoms with Gasteiger partial charge in [0.1, 0.15) is 0 Å². The summed E-state index contributed by atoms with van der Waals surface area (Å²) in [5.41, 5.74) is 0.977. The first-order chi connectivity index (χ1) is 9.51. The molecule has 1 aliphatic rings. The van der Waals surface area contributed by atoms with Gasteiger partial charge in [0.15, 0.2) is 0 Å². The van der Waals surface area contributed by atoms with E-state index in [2.05, 4.69) is 10.0 Å². The molecule has 1 aliphatic carbocycles. The fourth-order valence-electron chi connectivity index (χ4n) is 1.69. The lowest BCUT2D eigenvalue weighted by Gasteiger charge is -2.08. The molecule has 1 amide bonds. The van der Waals surface area contributed by atoms with Crippen LogP contribution in [0.2, 0.25) is 0 Å². The maximum atomic E-state index is 12.0. The molecule has 0 heterocycles. The van der Waals surface area contributed by atoms with Crippen molar-refractivity contribution in [3.05, 3.63) is 29.8 Å². The molecule has 1 aromatic rings. The van der Waals surface area contributed by atoms with Crippen LogP contribution in [0.4, 0.5) is 0 Å². The quantitative estimate of drug-likeness (QED) is 0.738. The first-order valence-electron chi connectivity index (χ1n) is 6.45. The van der Waals surface area contributed by atoms with Crippen LogP contribution in [0.15, 0.2) is 29.2 Å². The van der Waals surface area contributed by atoms with Crippen LogP contribution in [-0.2, 0) is 21.2 Å². The normalized spacial score (nSPS) is 15.1. The lowest BCUT2D eigenvalue weighted by Crippen LogP contribution is -2.37. The van der Waals surface area contributed by atoms with Gasteiger partial charge < -0.3 is 5.32 Å². The average Bonchev–Trinajstić information content (AvgIpc) is 3.22. The lowest BCUT2D eigenvalue weighted by molar-refractivity contribution is -0.120. The Morgan fingerprint density at radius 2 is 1.90 bits per heavy atom. The minimum absolute atomic E-state index is 0.148. The van der Waals surface area contributed by atoms with E-state index in [0.29, 0.717) is 12.3 Å². The van der Waals surface area contributed by atoms with Crippen molar-refractivity contribution >= 4 is 27.5 Å². The van der Waals surface area contributed by atoms with E-state index in [0.717, 1.165) is 18.4 Å². The van der Waals surface area contributed by atoms with Gasteiger partial charge in [0.05, 0.1) is 11.4 Å². The van der Waals surface area contributed by atoms with E-state index in [4.69, 9.17) is 11.6 Å². The number of halogens is 1. The van der Waals surface area contributed by atoms with E-state index in [9.17, 15) is 13.2 Å². The Labute approximate surface area is 123 Å². The van der Waals surface area contributed by atoms with Gasteiger partial charge in [0.25, 0.3) is 0 Å². The highest BCUT2D eigenvalue weighted by atomic mass is 35.5. The monoisotopic (exact) mass is 316 g/mol. The van der Waals surface area contributed by atoms with Crippen LogP contribution in [0.5, 0.6) is 0 Å². The Morgan fingerprint density at radius 1 is 1.25 bits per heavy atom. The number of benzene rings is 1. The molecule has 20 heavy (non-hydrogen) atoms. The van der Waals surface area contributed by atoms with Crippen LogP contribution in [0.1, 0.15) is 18.4 Å². The summed E-state index contributed by atoms with van der Waals surface area (Å²) in [5, 5.41) is 2.72. The number of rotatable bonds is 7. The Kier molecular flexibility index (Phi) is 5.01. The topological polar surface area (TPSA) is 75.3 Å². The Bertz CT molecular complexity index is 568. The molecule has 2 rings (SSSR count). The van der Waals surface area contributed by atoms with Gasteiger partial charge in [-0.15, -0.1) is 11.6 Å². The summed E-state index contributed by atoms with van der Waals surface area (Å²) < 4.78 is 26.3. The number of sulfonamides is 1. The van der Waals surface area contributed by atoms with Gasteiger partial charge in [0.2, 0.25) is 15.9 Å². The van der Waals surface area contributed by atoms with Gasteiger partial charge in [0, 0.05) is 11.9 Å². The molecule has 110 valence electrons. The van der Waals surface area contributed by atoms with Crippen LogP contribution < -0.4 is 10.0 Å². The van der Waals surface area contributed by atoms with E-state index in [1.54, 1.807) is 12.1 Å². The number of hydrogen-bond acceptors (Lipinski definition) is 3. The van der Waals surface area contributed by atoms with Crippen LogP contribution in [0.3, 0.4) is 0 Å². The third kappa shape index (κ3) is 4.47. The molecule has 2 N–H and O–H groups in total.